The molecule has 6 heteroatoms. The van der Waals surface area contributed by atoms with Gasteiger partial charge in [-0.3, -0.25) is 4.79 Å². The molecule has 0 saturated heterocycles. The highest BCUT2D eigenvalue weighted by Crippen LogP contribution is 2.20. The van der Waals surface area contributed by atoms with E-state index in [9.17, 15) is 13.6 Å². The zero-order valence-corrected chi connectivity index (χ0v) is 6.55. The van der Waals surface area contributed by atoms with Crippen molar-refractivity contribution < 1.29 is 18.7 Å². The predicted molar refractivity (Wildman–Crippen MR) is 41.6 cm³/mol. The van der Waals surface area contributed by atoms with Crippen LogP contribution in [-0.4, -0.2) is 11.0 Å². The Labute approximate surface area is 72.6 Å². The molecule has 0 saturated carbocycles. The smallest absolute Gasteiger partial charge is 0.251 e. The molecule has 1 amide bonds. The molecule has 0 aliphatic heterocycles. The van der Waals surface area contributed by atoms with Crippen LogP contribution in [0.25, 0.3) is 0 Å². The van der Waals surface area contributed by atoms with Crippen LogP contribution in [-0.2, 0) is 0 Å². The minimum atomic E-state index is -1.47. The number of phenolic OH excluding ortho intramolecular Hbond substituents is 1. The molecule has 72 valence electrons. The van der Waals surface area contributed by atoms with Crippen LogP contribution in [0.2, 0.25) is 0 Å². The number of carbonyl (C=O) groups excluding carboxylic acids is 1. The molecule has 13 heavy (non-hydrogen) atoms. The molecule has 0 spiro atoms. The van der Waals surface area contributed by atoms with Crippen LogP contribution < -0.4 is 11.9 Å². The summed E-state index contributed by atoms with van der Waals surface area (Å²) in [6.45, 7) is 0. The van der Waals surface area contributed by atoms with E-state index in [0.29, 0.717) is 0 Å². The number of nitrogens with two attached hydrogens (primary N) is 1. The van der Waals surface area contributed by atoms with Crippen molar-refractivity contribution in [3.8, 4) is 5.75 Å². The summed E-state index contributed by atoms with van der Waals surface area (Å²) in [5.41, 5.74) is 4.13. The van der Waals surface area contributed by atoms with Crippen molar-refractivity contribution in [3.63, 3.8) is 0 Å². The lowest BCUT2D eigenvalue weighted by molar-refractivity contribution is 0.0995. The Morgan fingerprint density at radius 1 is 1.31 bits per heavy atom. The second kappa shape index (κ2) is 3.81. The monoisotopic (exact) mass is 190 g/mol. The maximum absolute atomic E-state index is 12.7. The van der Waals surface area contributed by atoms with E-state index < -0.39 is 28.9 Å². The van der Waals surface area contributed by atoms with Crippen LogP contribution in [0, 0.1) is 11.6 Å². The number of hydrogen-bond donors (Lipinski definition) is 3. The maximum atomic E-state index is 12.7. The second-order valence-electron chi connectivity index (χ2n) is 2.12. The fourth-order valence-corrected chi connectivity index (χ4v) is 0.730. The van der Waals surface area contributed by atoms with E-state index in [-0.39, 0.29) is 6.15 Å². The average Bonchev–Trinajstić information content (AvgIpc) is 2.00. The van der Waals surface area contributed by atoms with Gasteiger partial charge in [0.05, 0.1) is 5.56 Å². The van der Waals surface area contributed by atoms with Gasteiger partial charge in [0.15, 0.2) is 11.6 Å². The van der Waals surface area contributed by atoms with Crippen LogP contribution in [0.15, 0.2) is 12.1 Å². The first-order chi connectivity index (χ1) is 5.54. The van der Waals surface area contributed by atoms with Crippen molar-refractivity contribution >= 4 is 5.91 Å². The summed E-state index contributed by atoms with van der Waals surface area (Å²) in [6.07, 6.45) is 0. The van der Waals surface area contributed by atoms with Crippen LogP contribution in [0.4, 0.5) is 8.78 Å². The fourth-order valence-electron chi connectivity index (χ4n) is 0.730. The molecule has 1 aromatic rings. The highest BCUT2D eigenvalue weighted by molar-refractivity contribution is 5.93. The van der Waals surface area contributed by atoms with Gasteiger partial charge in [-0.15, -0.1) is 0 Å². The minimum absolute atomic E-state index is 0. The van der Waals surface area contributed by atoms with Gasteiger partial charge in [-0.2, -0.15) is 4.39 Å². The summed E-state index contributed by atoms with van der Waals surface area (Å²) in [6, 6.07) is 1.77. The first kappa shape index (κ1) is 11.3. The van der Waals surface area contributed by atoms with E-state index in [1.165, 1.54) is 0 Å². The molecular formula is C7H8F2N2O2. The SMILES string of the molecule is N.NC(=O)c1ccc(O)c(F)c1F. The van der Waals surface area contributed by atoms with E-state index in [1.807, 2.05) is 0 Å². The molecule has 0 fully saturated rings. The highest BCUT2D eigenvalue weighted by Gasteiger charge is 2.15. The number of hydrogen-bond acceptors (Lipinski definition) is 3. The molecule has 0 radical (unpaired) electrons. The number of aromatic hydroxyl groups is 1. The van der Waals surface area contributed by atoms with E-state index in [4.69, 9.17) is 10.8 Å². The van der Waals surface area contributed by atoms with Crippen molar-refractivity contribution in [2.75, 3.05) is 0 Å². The molecule has 0 aliphatic rings. The van der Waals surface area contributed by atoms with Crippen LogP contribution in [0.5, 0.6) is 5.75 Å². The number of primary amides is 1. The summed E-state index contributed by atoms with van der Waals surface area (Å²) < 4.78 is 25.2. The van der Waals surface area contributed by atoms with Gasteiger partial charge in [0.1, 0.15) is 0 Å². The third-order valence-electron chi connectivity index (χ3n) is 1.33. The number of halogens is 2. The number of carbonyl (C=O) groups is 1. The molecular weight excluding hydrogens is 182 g/mol. The molecule has 6 N–H and O–H groups in total. The molecule has 4 nitrogen and oxygen atoms in total. The number of benzene rings is 1. The standard InChI is InChI=1S/C7H5F2NO2.H3N/c8-5-3(7(10)12)1-2-4(11)6(5)9;/h1-2,11H,(H2,10,12);1H3. The Morgan fingerprint density at radius 3 is 2.31 bits per heavy atom. The van der Waals surface area contributed by atoms with Crippen molar-refractivity contribution in [1.29, 1.82) is 0 Å². The van der Waals surface area contributed by atoms with Gasteiger partial charge < -0.3 is 17.0 Å². The molecule has 0 aromatic heterocycles. The average molecular weight is 190 g/mol. The Bertz CT molecular complexity index is 342. The van der Waals surface area contributed by atoms with Gasteiger partial charge >= 0.3 is 0 Å². The number of amides is 1. The fraction of sp³-hybridized carbons (Fsp3) is 0. The quantitative estimate of drug-likeness (QED) is 0.614. The van der Waals surface area contributed by atoms with Gasteiger partial charge in [0.25, 0.3) is 5.91 Å². The normalized spacial score (nSPS) is 9.08. The van der Waals surface area contributed by atoms with Gasteiger partial charge in [0, 0.05) is 0 Å². The van der Waals surface area contributed by atoms with Crippen molar-refractivity contribution in [2.45, 2.75) is 0 Å². The maximum Gasteiger partial charge on any atom is 0.251 e. The number of phenols is 1. The lowest BCUT2D eigenvalue weighted by atomic mass is 10.2. The Hall–Kier alpha value is -1.69. The minimum Gasteiger partial charge on any atom is -0.505 e. The van der Waals surface area contributed by atoms with Crippen molar-refractivity contribution in [1.82, 2.24) is 6.15 Å². The van der Waals surface area contributed by atoms with Gasteiger partial charge in [-0.25, -0.2) is 4.39 Å². The zero-order chi connectivity index (χ0) is 9.30. The first-order valence-corrected chi connectivity index (χ1v) is 3.01. The van der Waals surface area contributed by atoms with Gasteiger partial charge in [0.2, 0.25) is 5.82 Å². The molecule has 0 heterocycles. The Morgan fingerprint density at radius 2 is 1.85 bits per heavy atom. The topological polar surface area (TPSA) is 98.3 Å². The zero-order valence-electron chi connectivity index (χ0n) is 6.55. The Balaban J connectivity index is 0.00000144. The van der Waals surface area contributed by atoms with Gasteiger partial charge in [-0.05, 0) is 12.1 Å². The molecule has 1 rings (SSSR count). The predicted octanol–water partition coefficient (Wildman–Crippen LogP) is 0.931. The van der Waals surface area contributed by atoms with E-state index in [2.05, 4.69) is 0 Å². The third-order valence-corrected chi connectivity index (χ3v) is 1.33. The first-order valence-electron chi connectivity index (χ1n) is 3.01. The van der Waals surface area contributed by atoms with Crippen LogP contribution >= 0.6 is 0 Å². The number of rotatable bonds is 1. The summed E-state index contributed by atoms with van der Waals surface area (Å²) in [5, 5.41) is 8.64. The summed E-state index contributed by atoms with van der Waals surface area (Å²) in [5.74, 6) is -4.82. The highest BCUT2D eigenvalue weighted by atomic mass is 19.2. The molecule has 0 atom stereocenters. The molecule has 1 aromatic carbocycles. The largest absolute Gasteiger partial charge is 0.505 e. The summed E-state index contributed by atoms with van der Waals surface area (Å²) in [7, 11) is 0. The second-order valence-corrected chi connectivity index (χ2v) is 2.12. The lowest BCUT2D eigenvalue weighted by Gasteiger charge is -2.00. The molecule has 0 unspecified atom stereocenters. The van der Waals surface area contributed by atoms with E-state index in [0.717, 1.165) is 12.1 Å². The van der Waals surface area contributed by atoms with E-state index >= 15 is 0 Å². The van der Waals surface area contributed by atoms with E-state index in [1.54, 1.807) is 0 Å². The summed E-state index contributed by atoms with van der Waals surface area (Å²) in [4.78, 5) is 10.4. The van der Waals surface area contributed by atoms with Crippen LogP contribution in [0.1, 0.15) is 10.4 Å². The molecule has 0 aliphatic carbocycles. The lowest BCUT2D eigenvalue weighted by Crippen LogP contribution is -2.13. The summed E-state index contributed by atoms with van der Waals surface area (Å²) >= 11 is 0. The Kier molecular flexibility index (Phi) is 3.32. The third kappa shape index (κ3) is 1.91. The van der Waals surface area contributed by atoms with Gasteiger partial charge in [-0.1, -0.05) is 0 Å². The molecule has 0 bridgehead atoms. The van der Waals surface area contributed by atoms with Crippen molar-refractivity contribution in [2.24, 2.45) is 5.73 Å². The van der Waals surface area contributed by atoms with Crippen LogP contribution in [0.3, 0.4) is 0 Å². The van der Waals surface area contributed by atoms with Crippen molar-refractivity contribution in [3.05, 3.63) is 29.3 Å².